The van der Waals surface area contributed by atoms with Crippen molar-refractivity contribution in [1.29, 1.82) is 0 Å². The van der Waals surface area contributed by atoms with Crippen molar-refractivity contribution in [2.75, 3.05) is 13.7 Å². The lowest BCUT2D eigenvalue weighted by Crippen LogP contribution is -2.44. The van der Waals surface area contributed by atoms with Crippen LogP contribution in [0.1, 0.15) is 32.3 Å². The van der Waals surface area contributed by atoms with Gasteiger partial charge in [-0.2, -0.15) is 0 Å². The van der Waals surface area contributed by atoms with Crippen LogP contribution in [0, 0.1) is 0 Å². The summed E-state index contributed by atoms with van der Waals surface area (Å²) in [5, 5.41) is 4.69. The third-order valence-electron chi connectivity index (χ3n) is 3.40. The first-order chi connectivity index (χ1) is 11.5. The molecule has 132 valence electrons. The van der Waals surface area contributed by atoms with Gasteiger partial charge in [0.15, 0.2) is 6.61 Å². The smallest absolute Gasteiger partial charge is 0.321 e. The van der Waals surface area contributed by atoms with Crippen LogP contribution in [0.25, 0.3) is 0 Å². The minimum atomic E-state index is -0.665. The number of aryl methyl sites for hydroxylation is 1. The number of para-hydroxylation sites is 1. The zero-order valence-electron chi connectivity index (χ0n) is 14.3. The Balaban J connectivity index is 2.30. The van der Waals surface area contributed by atoms with Gasteiger partial charge in [-0.3, -0.25) is 14.9 Å². The topological polar surface area (TPSA) is 93.7 Å². The van der Waals surface area contributed by atoms with Crippen molar-refractivity contribution in [3.63, 3.8) is 0 Å². The minimum Gasteiger partial charge on any atom is -0.496 e. The van der Waals surface area contributed by atoms with E-state index in [9.17, 15) is 14.4 Å². The molecule has 1 aromatic rings. The molecule has 1 rings (SSSR count). The summed E-state index contributed by atoms with van der Waals surface area (Å²) in [4.78, 5) is 34.7. The first-order valence-corrected chi connectivity index (χ1v) is 7.84. The van der Waals surface area contributed by atoms with Crippen molar-refractivity contribution in [1.82, 2.24) is 10.6 Å². The SMILES string of the molecule is CC[C@@H](C)NC(=O)NC(=O)COC(=O)CCc1ccccc1OC. The summed E-state index contributed by atoms with van der Waals surface area (Å²) in [7, 11) is 1.56. The van der Waals surface area contributed by atoms with Gasteiger partial charge in [0.05, 0.1) is 7.11 Å². The Morgan fingerprint density at radius 3 is 2.58 bits per heavy atom. The zero-order valence-corrected chi connectivity index (χ0v) is 14.3. The number of urea groups is 1. The number of benzene rings is 1. The molecule has 0 heterocycles. The van der Waals surface area contributed by atoms with E-state index >= 15 is 0 Å². The predicted molar refractivity (Wildman–Crippen MR) is 88.7 cm³/mol. The van der Waals surface area contributed by atoms with Crippen LogP contribution in [0.15, 0.2) is 24.3 Å². The second kappa shape index (κ2) is 10.3. The summed E-state index contributed by atoms with van der Waals surface area (Å²) < 4.78 is 10.1. The van der Waals surface area contributed by atoms with Crippen molar-refractivity contribution in [3.8, 4) is 5.75 Å². The maximum Gasteiger partial charge on any atom is 0.321 e. The number of methoxy groups -OCH3 is 1. The number of amides is 3. The second-order valence-corrected chi connectivity index (χ2v) is 5.30. The largest absolute Gasteiger partial charge is 0.496 e. The number of hydrogen-bond donors (Lipinski definition) is 2. The number of ether oxygens (including phenoxy) is 2. The van der Waals surface area contributed by atoms with Gasteiger partial charge in [0.2, 0.25) is 0 Å². The molecule has 1 atom stereocenters. The van der Waals surface area contributed by atoms with Crippen LogP contribution in [0.3, 0.4) is 0 Å². The highest BCUT2D eigenvalue weighted by atomic mass is 16.5. The van der Waals surface area contributed by atoms with E-state index in [1.165, 1.54) is 0 Å². The highest BCUT2D eigenvalue weighted by Crippen LogP contribution is 2.18. The lowest BCUT2D eigenvalue weighted by atomic mass is 10.1. The number of esters is 1. The highest BCUT2D eigenvalue weighted by molar-refractivity contribution is 5.95. The van der Waals surface area contributed by atoms with Crippen LogP contribution >= 0.6 is 0 Å². The van der Waals surface area contributed by atoms with Crippen molar-refractivity contribution in [2.45, 2.75) is 39.2 Å². The fourth-order valence-electron chi connectivity index (χ4n) is 1.89. The molecule has 0 unspecified atom stereocenters. The van der Waals surface area contributed by atoms with E-state index in [0.29, 0.717) is 12.2 Å². The molecule has 0 spiro atoms. The van der Waals surface area contributed by atoms with Gasteiger partial charge in [-0.15, -0.1) is 0 Å². The summed E-state index contributed by atoms with van der Waals surface area (Å²) in [5.41, 5.74) is 0.884. The van der Waals surface area contributed by atoms with E-state index in [0.717, 1.165) is 12.0 Å². The molecule has 0 saturated carbocycles. The lowest BCUT2D eigenvalue weighted by molar-refractivity contribution is -0.148. The van der Waals surface area contributed by atoms with Gasteiger partial charge >= 0.3 is 12.0 Å². The molecule has 7 heteroatoms. The van der Waals surface area contributed by atoms with Gasteiger partial charge < -0.3 is 14.8 Å². The number of rotatable bonds is 8. The molecule has 0 fully saturated rings. The quantitative estimate of drug-likeness (QED) is 0.706. The minimum absolute atomic E-state index is 0.0406. The van der Waals surface area contributed by atoms with Gasteiger partial charge in [0.25, 0.3) is 5.91 Å². The fourth-order valence-corrected chi connectivity index (χ4v) is 1.89. The summed E-state index contributed by atoms with van der Waals surface area (Å²) in [6, 6.07) is 6.73. The standard InChI is InChI=1S/C17H24N2O5/c1-4-12(2)18-17(22)19-15(20)11-24-16(21)10-9-13-7-5-6-8-14(13)23-3/h5-8,12H,4,9-11H2,1-3H3,(H2,18,19,20,22)/t12-/m1/s1. The first-order valence-electron chi connectivity index (χ1n) is 7.84. The van der Waals surface area contributed by atoms with Gasteiger partial charge in [-0.25, -0.2) is 4.79 Å². The van der Waals surface area contributed by atoms with Gasteiger partial charge in [-0.05, 0) is 31.4 Å². The molecule has 0 aliphatic carbocycles. The summed E-state index contributed by atoms with van der Waals surface area (Å²) in [6.07, 6.45) is 1.31. The summed E-state index contributed by atoms with van der Waals surface area (Å²) >= 11 is 0. The summed E-state index contributed by atoms with van der Waals surface area (Å²) in [6.45, 7) is 3.25. The van der Waals surface area contributed by atoms with Gasteiger partial charge in [0, 0.05) is 12.5 Å². The molecule has 0 radical (unpaired) electrons. The van der Waals surface area contributed by atoms with Crippen LogP contribution < -0.4 is 15.4 Å². The number of carbonyl (C=O) groups is 3. The highest BCUT2D eigenvalue weighted by Gasteiger charge is 2.13. The third kappa shape index (κ3) is 7.13. The Hall–Kier alpha value is -2.57. The lowest BCUT2D eigenvalue weighted by Gasteiger charge is -2.12. The molecule has 0 saturated heterocycles. The van der Waals surface area contributed by atoms with E-state index in [1.807, 2.05) is 38.1 Å². The van der Waals surface area contributed by atoms with Crippen LogP contribution in [0.5, 0.6) is 5.75 Å². The van der Waals surface area contributed by atoms with Gasteiger partial charge in [0.1, 0.15) is 5.75 Å². The van der Waals surface area contributed by atoms with Crippen LogP contribution in [0.4, 0.5) is 4.79 Å². The zero-order chi connectivity index (χ0) is 17.9. The maximum absolute atomic E-state index is 11.7. The molecule has 0 aromatic heterocycles. The monoisotopic (exact) mass is 336 g/mol. The number of nitrogens with one attached hydrogen (secondary N) is 2. The third-order valence-corrected chi connectivity index (χ3v) is 3.40. The first kappa shape index (κ1) is 19.5. The van der Waals surface area contributed by atoms with Gasteiger partial charge in [-0.1, -0.05) is 25.1 Å². The average Bonchev–Trinajstić information content (AvgIpc) is 2.57. The molecule has 1 aromatic carbocycles. The Morgan fingerprint density at radius 1 is 1.21 bits per heavy atom. The molecule has 0 aliphatic rings. The summed E-state index contributed by atoms with van der Waals surface area (Å²) in [5.74, 6) is -0.482. The number of carbonyl (C=O) groups excluding carboxylic acids is 3. The predicted octanol–water partition coefficient (Wildman–Crippen LogP) is 1.80. The molecular weight excluding hydrogens is 312 g/mol. The van der Waals surface area contributed by atoms with Crippen molar-refractivity contribution >= 4 is 17.9 Å². The van der Waals surface area contributed by atoms with Crippen molar-refractivity contribution < 1.29 is 23.9 Å². The van der Waals surface area contributed by atoms with E-state index in [4.69, 9.17) is 9.47 Å². The van der Waals surface area contributed by atoms with E-state index in [-0.39, 0.29) is 12.5 Å². The Morgan fingerprint density at radius 2 is 1.92 bits per heavy atom. The molecule has 3 amide bonds. The molecule has 24 heavy (non-hydrogen) atoms. The average molecular weight is 336 g/mol. The molecular formula is C17H24N2O5. The molecule has 2 N–H and O–H groups in total. The van der Waals surface area contributed by atoms with Crippen LogP contribution in [-0.2, 0) is 20.7 Å². The second-order valence-electron chi connectivity index (χ2n) is 5.30. The van der Waals surface area contributed by atoms with Crippen molar-refractivity contribution in [3.05, 3.63) is 29.8 Å². The Kier molecular flexibility index (Phi) is 8.32. The van der Waals surface area contributed by atoms with Crippen LogP contribution in [0.2, 0.25) is 0 Å². The van der Waals surface area contributed by atoms with Crippen molar-refractivity contribution in [2.24, 2.45) is 0 Å². The fraction of sp³-hybridized carbons (Fsp3) is 0.471. The van der Waals surface area contributed by atoms with Crippen LogP contribution in [-0.4, -0.2) is 37.7 Å². The Bertz CT molecular complexity index is 574. The normalized spacial score (nSPS) is 11.3. The van der Waals surface area contributed by atoms with E-state index in [1.54, 1.807) is 7.11 Å². The molecule has 7 nitrogen and oxygen atoms in total. The molecule has 0 aliphatic heterocycles. The Labute approximate surface area is 141 Å². The molecule has 0 bridgehead atoms. The van der Waals surface area contributed by atoms with E-state index < -0.39 is 24.5 Å². The maximum atomic E-state index is 11.7. The van der Waals surface area contributed by atoms with E-state index in [2.05, 4.69) is 10.6 Å². The number of imide groups is 1. The number of hydrogen-bond acceptors (Lipinski definition) is 5.